The zero-order chi connectivity index (χ0) is 11.6. The van der Waals surface area contributed by atoms with Crippen LogP contribution >= 0.6 is 0 Å². The SMILES string of the molecule is CC(C)NC1=NC(CC(C)(C)C)C(=O)N1. The van der Waals surface area contributed by atoms with E-state index in [9.17, 15) is 4.79 Å². The van der Waals surface area contributed by atoms with E-state index < -0.39 is 0 Å². The molecule has 0 aromatic rings. The first-order valence-corrected chi connectivity index (χ1v) is 5.43. The Labute approximate surface area is 91.5 Å². The summed E-state index contributed by atoms with van der Waals surface area (Å²) in [7, 11) is 0. The summed E-state index contributed by atoms with van der Waals surface area (Å²) < 4.78 is 0. The molecule has 1 aliphatic heterocycles. The van der Waals surface area contributed by atoms with Gasteiger partial charge in [0.15, 0.2) is 5.96 Å². The highest BCUT2D eigenvalue weighted by Crippen LogP contribution is 2.23. The normalized spacial score (nSPS) is 21.6. The molecule has 1 amide bonds. The topological polar surface area (TPSA) is 53.5 Å². The maximum atomic E-state index is 11.6. The Bertz CT molecular complexity index is 276. The summed E-state index contributed by atoms with van der Waals surface area (Å²) in [6.45, 7) is 10.4. The van der Waals surface area contributed by atoms with Crippen molar-refractivity contribution >= 4 is 11.9 Å². The predicted molar refractivity (Wildman–Crippen MR) is 61.7 cm³/mol. The van der Waals surface area contributed by atoms with Crippen molar-refractivity contribution in [2.75, 3.05) is 0 Å². The van der Waals surface area contributed by atoms with E-state index in [2.05, 4.69) is 36.4 Å². The lowest BCUT2D eigenvalue weighted by Crippen LogP contribution is -2.40. The molecule has 4 heteroatoms. The third kappa shape index (κ3) is 3.90. The minimum absolute atomic E-state index is 0.00748. The Balaban J connectivity index is 2.60. The van der Waals surface area contributed by atoms with Gasteiger partial charge in [0.1, 0.15) is 6.04 Å². The van der Waals surface area contributed by atoms with Gasteiger partial charge in [-0.05, 0) is 25.7 Å². The molecule has 1 heterocycles. The van der Waals surface area contributed by atoms with Gasteiger partial charge in [0.2, 0.25) is 0 Å². The van der Waals surface area contributed by atoms with E-state index in [-0.39, 0.29) is 23.4 Å². The lowest BCUT2D eigenvalue weighted by atomic mass is 9.88. The number of rotatable bonds is 2. The largest absolute Gasteiger partial charge is 0.354 e. The van der Waals surface area contributed by atoms with Gasteiger partial charge < -0.3 is 5.32 Å². The van der Waals surface area contributed by atoms with Crippen molar-refractivity contribution in [2.45, 2.75) is 53.1 Å². The molecular formula is C11H21N3O. The molecule has 1 aliphatic rings. The van der Waals surface area contributed by atoms with Crippen LogP contribution in [-0.4, -0.2) is 24.0 Å². The van der Waals surface area contributed by atoms with Gasteiger partial charge in [-0.25, -0.2) is 4.99 Å². The third-order valence-corrected chi connectivity index (χ3v) is 2.06. The number of nitrogens with one attached hydrogen (secondary N) is 2. The van der Waals surface area contributed by atoms with Gasteiger partial charge in [-0.2, -0.15) is 0 Å². The number of nitrogens with zero attached hydrogens (tertiary/aromatic N) is 1. The van der Waals surface area contributed by atoms with Crippen LogP contribution in [0.25, 0.3) is 0 Å². The molecule has 1 unspecified atom stereocenters. The van der Waals surface area contributed by atoms with Crippen LogP contribution in [0.2, 0.25) is 0 Å². The first-order valence-electron chi connectivity index (χ1n) is 5.43. The van der Waals surface area contributed by atoms with Gasteiger partial charge in [0.05, 0.1) is 0 Å². The second kappa shape index (κ2) is 4.21. The summed E-state index contributed by atoms with van der Waals surface area (Å²) in [5.41, 5.74) is 0.124. The van der Waals surface area contributed by atoms with Crippen LogP contribution in [0.1, 0.15) is 41.0 Å². The number of hydrogen-bond donors (Lipinski definition) is 2. The second-order valence-electron chi connectivity index (χ2n) is 5.55. The van der Waals surface area contributed by atoms with E-state index in [1.165, 1.54) is 0 Å². The van der Waals surface area contributed by atoms with Crippen molar-refractivity contribution in [1.29, 1.82) is 0 Å². The average molecular weight is 211 g/mol. The predicted octanol–water partition coefficient (Wildman–Crippen LogP) is 1.27. The zero-order valence-electron chi connectivity index (χ0n) is 10.2. The highest BCUT2D eigenvalue weighted by molar-refractivity contribution is 6.04. The Morgan fingerprint density at radius 1 is 1.47 bits per heavy atom. The molecule has 0 aliphatic carbocycles. The molecule has 0 radical (unpaired) electrons. The quantitative estimate of drug-likeness (QED) is 0.723. The van der Waals surface area contributed by atoms with Gasteiger partial charge in [-0.15, -0.1) is 0 Å². The molecule has 1 rings (SSSR count). The summed E-state index contributed by atoms with van der Waals surface area (Å²) in [5, 5.41) is 5.86. The van der Waals surface area contributed by atoms with Crippen molar-refractivity contribution in [3.8, 4) is 0 Å². The summed E-state index contributed by atoms with van der Waals surface area (Å²) in [4.78, 5) is 15.9. The molecule has 86 valence electrons. The summed E-state index contributed by atoms with van der Waals surface area (Å²) in [6, 6.07) is 0.0590. The monoisotopic (exact) mass is 211 g/mol. The molecular weight excluding hydrogens is 190 g/mol. The first kappa shape index (κ1) is 12.0. The maximum Gasteiger partial charge on any atom is 0.251 e. The number of amides is 1. The van der Waals surface area contributed by atoms with Gasteiger partial charge in [0, 0.05) is 6.04 Å². The smallest absolute Gasteiger partial charge is 0.251 e. The van der Waals surface area contributed by atoms with E-state index in [4.69, 9.17) is 0 Å². The molecule has 15 heavy (non-hydrogen) atoms. The lowest BCUT2D eigenvalue weighted by Gasteiger charge is -2.19. The molecule has 0 fully saturated rings. The van der Waals surface area contributed by atoms with Crippen LogP contribution in [0.15, 0.2) is 4.99 Å². The van der Waals surface area contributed by atoms with Crippen LogP contribution in [0.4, 0.5) is 0 Å². The fourth-order valence-electron chi connectivity index (χ4n) is 1.51. The average Bonchev–Trinajstić information content (AvgIpc) is 2.26. The van der Waals surface area contributed by atoms with Gasteiger partial charge >= 0.3 is 0 Å². The van der Waals surface area contributed by atoms with E-state index in [0.717, 1.165) is 6.42 Å². The summed E-state index contributed by atoms with van der Waals surface area (Å²) in [5.74, 6) is 0.623. The number of hydrogen-bond acceptors (Lipinski definition) is 3. The number of carbonyl (C=O) groups is 1. The molecule has 4 nitrogen and oxygen atoms in total. The molecule has 0 aromatic heterocycles. The van der Waals surface area contributed by atoms with E-state index in [1.807, 2.05) is 13.8 Å². The van der Waals surface area contributed by atoms with Crippen molar-refractivity contribution < 1.29 is 4.79 Å². The third-order valence-electron chi connectivity index (χ3n) is 2.06. The fourth-order valence-corrected chi connectivity index (χ4v) is 1.51. The second-order valence-corrected chi connectivity index (χ2v) is 5.55. The van der Waals surface area contributed by atoms with Gasteiger partial charge in [-0.1, -0.05) is 20.8 Å². The molecule has 0 bridgehead atoms. The number of guanidine groups is 1. The van der Waals surface area contributed by atoms with Crippen molar-refractivity contribution in [3.63, 3.8) is 0 Å². The Hall–Kier alpha value is -1.06. The molecule has 2 N–H and O–H groups in total. The molecule has 0 spiro atoms. The zero-order valence-corrected chi connectivity index (χ0v) is 10.2. The highest BCUT2D eigenvalue weighted by atomic mass is 16.2. The van der Waals surface area contributed by atoms with Gasteiger partial charge in [-0.3, -0.25) is 10.1 Å². The Morgan fingerprint density at radius 2 is 2.07 bits per heavy atom. The van der Waals surface area contributed by atoms with E-state index >= 15 is 0 Å². The Morgan fingerprint density at radius 3 is 2.53 bits per heavy atom. The van der Waals surface area contributed by atoms with Crippen LogP contribution in [0.5, 0.6) is 0 Å². The summed E-state index contributed by atoms with van der Waals surface area (Å²) in [6.07, 6.45) is 0.780. The van der Waals surface area contributed by atoms with Crippen molar-refractivity contribution in [1.82, 2.24) is 10.6 Å². The Kier molecular flexibility index (Phi) is 3.37. The first-order chi connectivity index (χ1) is 6.78. The van der Waals surface area contributed by atoms with Crippen LogP contribution < -0.4 is 10.6 Å². The number of carbonyl (C=O) groups excluding carboxylic acids is 1. The fraction of sp³-hybridized carbons (Fsp3) is 0.818. The maximum absolute atomic E-state index is 11.6. The van der Waals surface area contributed by atoms with E-state index in [0.29, 0.717) is 5.96 Å². The molecule has 0 saturated heterocycles. The van der Waals surface area contributed by atoms with Gasteiger partial charge in [0.25, 0.3) is 5.91 Å². The standard InChI is InChI=1S/C11H21N3O/c1-7(2)12-10-13-8(9(15)14-10)6-11(3,4)5/h7-8H,6H2,1-5H3,(H2,12,13,14,15). The minimum atomic E-state index is -0.230. The van der Waals surface area contributed by atoms with Crippen LogP contribution in [0, 0.1) is 5.41 Å². The minimum Gasteiger partial charge on any atom is -0.354 e. The number of aliphatic imine (C=N–C) groups is 1. The van der Waals surface area contributed by atoms with Crippen molar-refractivity contribution in [2.24, 2.45) is 10.4 Å². The van der Waals surface area contributed by atoms with Crippen LogP contribution in [0.3, 0.4) is 0 Å². The highest BCUT2D eigenvalue weighted by Gasteiger charge is 2.30. The molecule has 0 saturated carbocycles. The van der Waals surface area contributed by atoms with E-state index in [1.54, 1.807) is 0 Å². The summed E-state index contributed by atoms with van der Waals surface area (Å²) >= 11 is 0. The molecule has 1 atom stereocenters. The molecule has 0 aromatic carbocycles. The lowest BCUT2D eigenvalue weighted by molar-refractivity contribution is -0.120. The van der Waals surface area contributed by atoms with Crippen molar-refractivity contribution in [3.05, 3.63) is 0 Å². The van der Waals surface area contributed by atoms with Crippen LogP contribution in [-0.2, 0) is 4.79 Å².